The molecule has 0 saturated heterocycles. The first-order chi connectivity index (χ1) is 28.0. The van der Waals surface area contributed by atoms with E-state index in [0.29, 0.717) is 25.9 Å². The molecule has 0 radical (unpaired) electrons. The lowest BCUT2D eigenvalue weighted by Gasteiger charge is -2.22. The largest absolute Gasteiger partial charge is 0.466 e. The van der Waals surface area contributed by atoms with E-state index in [-0.39, 0.29) is 18.5 Å². The van der Waals surface area contributed by atoms with Crippen LogP contribution in [0.1, 0.15) is 277 Å². The summed E-state index contributed by atoms with van der Waals surface area (Å²) in [6.45, 7) is 4.89. The van der Waals surface area contributed by atoms with Gasteiger partial charge in [0.15, 0.2) is 0 Å². The summed E-state index contributed by atoms with van der Waals surface area (Å²) in [6, 6.07) is -0.559. The average molecular weight is 806 g/mol. The zero-order valence-corrected chi connectivity index (χ0v) is 38.3. The number of amides is 1. The van der Waals surface area contributed by atoms with Crippen molar-refractivity contribution in [1.29, 1.82) is 0 Å². The first-order valence-electron chi connectivity index (χ1n) is 25.4. The second-order valence-electron chi connectivity index (χ2n) is 17.5. The predicted octanol–water partition coefficient (Wildman–Crippen LogP) is 15.0. The highest BCUT2D eigenvalue weighted by atomic mass is 16.5. The van der Waals surface area contributed by atoms with E-state index in [2.05, 4.69) is 31.3 Å². The van der Waals surface area contributed by atoms with Crippen LogP contribution in [0.15, 0.2) is 12.2 Å². The Hall–Kier alpha value is -1.40. The zero-order valence-electron chi connectivity index (χ0n) is 38.3. The molecule has 0 rings (SSSR count). The van der Waals surface area contributed by atoms with Crippen molar-refractivity contribution in [2.45, 2.75) is 289 Å². The van der Waals surface area contributed by atoms with Crippen LogP contribution < -0.4 is 5.32 Å². The van der Waals surface area contributed by atoms with Gasteiger partial charge in [0.05, 0.1) is 25.4 Å². The van der Waals surface area contributed by atoms with Crippen molar-refractivity contribution in [2.75, 3.05) is 13.2 Å². The fraction of sp³-hybridized carbons (Fsp3) is 0.922. The normalized spacial score (nSPS) is 12.7. The molecule has 3 N–H and O–H groups in total. The number of hydrogen-bond donors (Lipinski definition) is 3. The number of aliphatic hydroxyl groups is 2. The van der Waals surface area contributed by atoms with Gasteiger partial charge < -0.3 is 20.3 Å². The van der Waals surface area contributed by atoms with Gasteiger partial charge in [-0.15, -0.1) is 0 Å². The highest BCUT2D eigenvalue weighted by Crippen LogP contribution is 2.16. The van der Waals surface area contributed by atoms with Crippen molar-refractivity contribution in [3.63, 3.8) is 0 Å². The number of hydrogen-bond acceptors (Lipinski definition) is 5. The number of allylic oxidation sites excluding steroid dienone is 2. The third-order valence-corrected chi connectivity index (χ3v) is 11.8. The first kappa shape index (κ1) is 55.6. The smallest absolute Gasteiger partial charge is 0.305 e. The van der Waals surface area contributed by atoms with Gasteiger partial charge in [-0.2, -0.15) is 0 Å². The maximum atomic E-state index is 12.4. The lowest BCUT2D eigenvalue weighted by molar-refractivity contribution is -0.143. The average Bonchev–Trinajstić information content (AvgIpc) is 3.21. The molecule has 0 aliphatic heterocycles. The lowest BCUT2D eigenvalue weighted by Crippen LogP contribution is -2.45. The number of carbonyl (C=O) groups excluding carboxylic acids is 2. The summed E-state index contributed by atoms with van der Waals surface area (Å²) in [5.74, 6) is -0.0818. The van der Waals surface area contributed by atoms with Crippen LogP contribution in [0.4, 0.5) is 0 Å². The Morgan fingerprint density at radius 3 is 1.25 bits per heavy atom. The van der Waals surface area contributed by atoms with Gasteiger partial charge in [-0.25, -0.2) is 0 Å². The van der Waals surface area contributed by atoms with Gasteiger partial charge >= 0.3 is 5.97 Å². The quantitative estimate of drug-likeness (QED) is 0.0323. The molecular weight excluding hydrogens is 707 g/mol. The van der Waals surface area contributed by atoms with E-state index < -0.39 is 12.1 Å². The van der Waals surface area contributed by atoms with Gasteiger partial charge in [-0.05, 0) is 57.8 Å². The van der Waals surface area contributed by atoms with E-state index in [1.165, 1.54) is 167 Å². The molecular formula is C51H99NO5. The molecule has 57 heavy (non-hydrogen) atoms. The fourth-order valence-electron chi connectivity index (χ4n) is 7.87. The minimum atomic E-state index is -0.679. The molecule has 0 bridgehead atoms. The van der Waals surface area contributed by atoms with Crippen LogP contribution in [0.5, 0.6) is 0 Å². The Balaban J connectivity index is 3.51. The van der Waals surface area contributed by atoms with E-state index in [4.69, 9.17) is 4.74 Å². The number of aliphatic hydroxyl groups excluding tert-OH is 2. The molecule has 0 aromatic carbocycles. The maximum absolute atomic E-state index is 12.4. The van der Waals surface area contributed by atoms with E-state index in [0.717, 1.165) is 77.0 Å². The van der Waals surface area contributed by atoms with Crippen molar-refractivity contribution in [3.05, 3.63) is 12.2 Å². The van der Waals surface area contributed by atoms with Crippen molar-refractivity contribution in [3.8, 4) is 0 Å². The molecule has 0 aromatic rings. The summed E-state index contributed by atoms with van der Waals surface area (Å²) in [5, 5.41) is 23.2. The second kappa shape index (κ2) is 47.3. The molecule has 2 atom stereocenters. The number of carbonyl (C=O) groups is 2. The molecule has 0 aliphatic rings. The lowest BCUT2D eigenvalue weighted by atomic mass is 10.0. The Bertz CT molecular complexity index is 847. The number of unbranched alkanes of at least 4 members (excludes halogenated alkanes) is 34. The molecule has 2 unspecified atom stereocenters. The van der Waals surface area contributed by atoms with Crippen LogP contribution in [0.25, 0.3) is 0 Å². The Kier molecular flexibility index (Phi) is 46.1. The van der Waals surface area contributed by atoms with Crippen LogP contribution in [-0.4, -0.2) is 47.4 Å². The first-order valence-corrected chi connectivity index (χ1v) is 25.4. The van der Waals surface area contributed by atoms with Crippen LogP contribution in [0.3, 0.4) is 0 Å². The van der Waals surface area contributed by atoms with Crippen molar-refractivity contribution >= 4 is 11.9 Å². The summed E-state index contributed by atoms with van der Waals surface area (Å²) in [4.78, 5) is 24.4. The Labute approximate surface area is 355 Å². The molecule has 1 amide bonds. The summed E-state index contributed by atoms with van der Waals surface area (Å²) in [5.41, 5.74) is 0. The van der Waals surface area contributed by atoms with E-state index in [1.807, 2.05) is 0 Å². The topological polar surface area (TPSA) is 95.9 Å². The summed E-state index contributed by atoms with van der Waals surface area (Å²) in [7, 11) is 0. The number of esters is 1. The Morgan fingerprint density at radius 1 is 0.474 bits per heavy atom. The van der Waals surface area contributed by atoms with Crippen molar-refractivity contribution < 1.29 is 24.5 Å². The highest BCUT2D eigenvalue weighted by Gasteiger charge is 2.20. The van der Waals surface area contributed by atoms with Crippen LogP contribution >= 0.6 is 0 Å². The summed E-state index contributed by atoms with van der Waals surface area (Å²) >= 11 is 0. The maximum Gasteiger partial charge on any atom is 0.305 e. The van der Waals surface area contributed by atoms with E-state index in [1.54, 1.807) is 0 Å². The number of nitrogens with one attached hydrogen (secondary N) is 1. The highest BCUT2D eigenvalue weighted by molar-refractivity contribution is 5.76. The molecule has 338 valence electrons. The molecule has 0 aliphatic carbocycles. The van der Waals surface area contributed by atoms with E-state index in [9.17, 15) is 19.8 Å². The standard InChI is InChI=1S/C51H99NO5/c1-3-5-7-9-11-13-15-16-17-18-19-20-24-27-31-35-39-43-49(54)48(47-53)52-50(55)44-40-36-32-28-25-21-22-26-30-34-38-42-46-57-51(56)45-41-37-33-29-23-14-12-10-8-6-4-2/h22,26,48-49,53-54H,3-21,23-25,27-47H2,1-2H3,(H,52,55)/b26-22-. The number of rotatable bonds is 47. The van der Waals surface area contributed by atoms with Crippen molar-refractivity contribution in [1.82, 2.24) is 5.32 Å². The minimum Gasteiger partial charge on any atom is -0.466 e. The molecule has 6 heteroatoms. The van der Waals surface area contributed by atoms with Crippen LogP contribution in [-0.2, 0) is 14.3 Å². The van der Waals surface area contributed by atoms with Crippen LogP contribution in [0.2, 0.25) is 0 Å². The van der Waals surface area contributed by atoms with Gasteiger partial charge in [0.25, 0.3) is 0 Å². The molecule has 6 nitrogen and oxygen atoms in total. The van der Waals surface area contributed by atoms with Gasteiger partial charge in [0.2, 0.25) is 5.91 Å². The SMILES string of the molecule is CCCCCCCCCCCCCCCCCCCC(O)C(CO)NC(=O)CCCCCCC/C=C\CCCCCOC(=O)CCCCCCCCCCCCC. The molecule has 0 saturated carbocycles. The van der Waals surface area contributed by atoms with Gasteiger partial charge in [0, 0.05) is 12.8 Å². The minimum absolute atomic E-state index is 0.0227. The Morgan fingerprint density at radius 2 is 0.825 bits per heavy atom. The van der Waals surface area contributed by atoms with Gasteiger partial charge in [-0.1, -0.05) is 219 Å². The predicted molar refractivity (Wildman–Crippen MR) is 246 cm³/mol. The third kappa shape index (κ3) is 44.0. The fourth-order valence-corrected chi connectivity index (χ4v) is 7.87. The molecule has 0 aromatic heterocycles. The third-order valence-electron chi connectivity index (χ3n) is 11.8. The van der Waals surface area contributed by atoms with E-state index >= 15 is 0 Å². The molecule has 0 heterocycles. The zero-order chi connectivity index (χ0) is 41.5. The molecule has 0 spiro atoms. The monoisotopic (exact) mass is 806 g/mol. The van der Waals surface area contributed by atoms with Crippen molar-refractivity contribution in [2.24, 2.45) is 0 Å². The second-order valence-corrected chi connectivity index (χ2v) is 17.5. The van der Waals surface area contributed by atoms with Crippen LogP contribution in [0, 0.1) is 0 Å². The number of ether oxygens (including phenoxy) is 1. The summed E-state index contributed by atoms with van der Waals surface area (Å²) < 4.78 is 5.43. The van der Waals surface area contributed by atoms with Gasteiger partial charge in [0.1, 0.15) is 0 Å². The van der Waals surface area contributed by atoms with Gasteiger partial charge in [-0.3, -0.25) is 9.59 Å². The molecule has 0 fully saturated rings. The summed E-state index contributed by atoms with van der Waals surface area (Å²) in [6.07, 6.45) is 53.2.